The Hall–Kier alpha value is -7.56. The van der Waals surface area contributed by atoms with Crippen LogP contribution in [0.4, 0.5) is 23.3 Å². The molecule has 1 fully saturated rings. The Labute approximate surface area is 369 Å². The Morgan fingerprint density at radius 1 is 0.656 bits per heavy atom. The number of rotatable bonds is 15. The predicted molar refractivity (Wildman–Crippen MR) is 247 cm³/mol. The SMILES string of the molecule is COCCCN(C)C(=O)c1cc2cc(Nc3nccc(-c4cccc(-c5cc(-c6ccccn6)nc(Nc6ccc7[nH]c(C(=O)N(C)CC8CCOCC8)cc7c6)n5)n4)n3)ccc2[nH]1. The van der Waals surface area contributed by atoms with Gasteiger partial charge in [-0.15, -0.1) is 0 Å². The lowest BCUT2D eigenvalue weighted by molar-refractivity contribution is 0.0495. The molecule has 0 radical (unpaired) electrons. The summed E-state index contributed by atoms with van der Waals surface area (Å²) in [5, 5.41) is 8.46. The van der Waals surface area contributed by atoms with Gasteiger partial charge in [0.05, 0.1) is 34.2 Å². The Kier molecular flexibility index (Phi) is 12.3. The van der Waals surface area contributed by atoms with Crippen LogP contribution in [0.1, 0.15) is 40.2 Å². The molecule has 0 atom stereocenters. The van der Waals surface area contributed by atoms with Crippen LogP contribution in [0, 0.1) is 5.92 Å². The molecule has 2 amide bonds. The average molecular weight is 857 g/mol. The molecule has 2 aromatic carbocycles. The number of H-pyrrole nitrogens is 2. The number of fused-ring (bicyclic) bond motifs is 2. The molecule has 16 heteroatoms. The number of nitrogens with one attached hydrogen (secondary N) is 4. The molecule has 16 nitrogen and oxygen atoms in total. The number of hydrogen-bond acceptors (Lipinski definition) is 12. The molecule has 1 saturated heterocycles. The number of benzene rings is 2. The zero-order valence-electron chi connectivity index (χ0n) is 35.8. The van der Waals surface area contributed by atoms with Crippen LogP contribution in [0.15, 0.2) is 109 Å². The van der Waals surface area contributed by atoms with Gasteiger partial charge in [-0.2, -0.15) is 0 Å². The normalized spacial score (nSPS) is 13.0. The van der Waals surface area contributed by atoms with Gasteiger partial charge in [0.25, 0.3) is 11.8 Å². The van der Waals surface area contributed by atoms with Crippen LogP contribution >= 0.6 is 0 Å². The van der Waals surface area contributed by atoms with Crippen molar-refractivity contribution in [1.29, 1.82) is 0 Å². The molecule has 0 aliphatic carbocycles. The first kappa shape index (κ1) is 41.8. The van der Waals surface area contributed by atoms with Crippen molar-refractivity contribution in [3.63, 3.8) is 0 Å². The fourth-order valence-electron chi connectivity index (χ4n) is 7.83. The van der Waals surface area contributed by atoms with Crippen LogP contribution in [-0.4, -0.2) is 116 Å². The van der Waals surface area contributed by atoms with E-state index in [0.29, 0.717) is 83.1 Å². The number of methoxy groups -OCH3 is 1. The van der Waals surface area contributed by atoms with E-state index in [1.807, 2.05) is 98.0 Å². The van der Waals surface area contributed by atoms with E-state index in [4.69, 9.17) is 29.4 Å². The highest BCUT2D eigenvalue weighted by atomic mass is 16.5. The molecular formula is C48H48N12O4. The van der Waals surface area contributed by atoms with E-state index in [9.17, 15) is 9.59 Å². The van der Waals surface area contributed by atoms with E-state index in [2.05, 4.69) is 30.6 Å². The molecule has 9 rings (SSSR count). The van der Waals surface area contributed by atoms with Gasteiger partial charge in [0.1, 0.15) is 11.4 Å². The maximum Gasteiger partial charge on any atom is 0.270 e. The molecular weight excluding hydrogens is 809 g/mol. The molecule has 4 N–H and O–H groups in total. The summed E-state index contributed by atoms with van der Waals surface area (Å²) in [4.78, 5) is 65.1. The summed E-state index contributed by atoms with van der Waals surface area (Å²) in [5.74, 6) is 1.05. The van der Waals surface area contributed by atoms with Crippen molar-refractivity contribution in [2.24, 2.45) is 5.92 Å². The Bertz CT molecular complexity index is 2930. The summed E-state index contributed by atoms with van der Waals surface area (Å²) in [6.07, 6.45) is 6.09. The van der Waals surface area contributed by atoms with Crippen molar-refractivity contribution in [3.05, 3.63) is 121 Å². The number of nitrogens with zero attached hydrogens (tertiary/aromatic N) is 8. The first-order chi connectivity index (χ1) is 31.3. The number of hydrogen-bond donors (Lipinski definition) is 4. The van der Waals surface area contributed by atoms with Crippen molar-refractivity contribution < 1.29 is 19.1 Å². The molecule has 0 unspecified atom stereocenters. The van der Waals surface area contributed by atoms with Crippen LogP contribution in [0.25, 0.3) is 56.0 Å². The van der Waals surface area contributed by atoms with E-state index >= 15 is 0 Å². The lowest BCUT2D eigenvalue weighted by Crippen LogP contribution is -2.34. The van der Waals surface area contributed by atoms with Gasteiger partial charge >= 0.3 is 0 Å². The number of pyridine rings is 2. The van der Waals surface area contributed by atoms with Crippen molar-refractivity contribution >= 4 is 56.9 Å². The third-order valence-electron chi connectivity index (χ3n) is 11.2. The summed E-state index contributed by atoms with van der Waals surface area (Å²) in [7, 11) is 5.29. The van der Waals surface area contributed by atoms with Gasteiger partial charge in [-0.3, -0.25) is 14.6 Å². The number of carbonyl (C=O) groups is 2. The number of aromatic nitrogens is 8. The molecule has 8 aromatic rings. The van der Waals surface area contributed by atoms with Crippen LogP contribution in [0.3, 0.4) is 0 Å². The van der Waals surface area contributed by atoms with E-state index in [1.165, 1.54) is 0 Å². The fourth-order valence-corrected chi connectivity index (χ4v) is 7.83. The molecule has 0 bridgehead atoms. The molecule has 64 heavy (non-hydrogen) atoms. The van der Waals surface area contributed by atoms with Crippen molar-refractivity contribution in [1.82, 2.24) is 49.7 Å². The van der Waals surface area contributed by atoms with E-state index in [1.54, 1.807) is 42.4 Å². The van der Waals surface area contributed by atoms with Crippen molar-refractivity contribution in [2.75, 3.05) is 64.7 Å². The monoisotopic (exact) mass is 856 g/mol. The second-order valence-electron chi connectivity index (χ2n) is 15.9. The zero-order valence-corrected chi connectivity index (χ0v) is 35.8. The average Bonchev–Trinajstić information content (AvgIpc) is 3.96. The zero-order chi connectivity index (χ0) is 44.0. The number of amides is 2. The Morgan fingerprint density at radius 2 is 1.27 bits per heavy atom. The van der Waals surface area contributed by atoms with E-state index in [0.717, 1.165) is 65.7 Å². The minimum absolute atomic E-state index is 0.0469. The van der Waals surface area contributed by atoms with Crippen LogP contribution in [0.5, 0.6) is 0 Å². The number of ether oxygens (including phenoxy) is 2. The van der Waals surface area contributed by atoms with Crippen molar-refractivity contribution in [3.8, 4) is 34.2 Å². The van der Waals surface area contributed by atoms with Gasteiger partial charge < -0.3 is 39.9 Å². The van der Waals surface area contributed by atoms with Gasteiger partial charge in [-0.1, -0.05) is 12.1 Å². The molecule has 6 aromatic heterocycles. The minimum Gasteiger partial charge on any atom is -0.385 e. The second-order valence-corrected chi connectivity index (χ2v) is 15.9. The van der Waals surface area contributed by atoms with E-state index in [-0.39, 0.29) is 11.8 Å². The van der Waals surface area contributed by atoms with E-state index < -0.39 is 0 Å². The molecule has 1 aliphatic rings. The highest BCUT2D eigenvalue weighted by Gasteiger charge is 2.21. The molecule has 0 spiro atoms. The maximum atomic E-state index is 13.4. The smallest absolute Gasteiger partial charge is 0.270 e. The lowest BCUT2D eigenvalue weighted by Gasteiger charge is -2.26. The van der Waals surface area contributed by atoms with Gasteiger partial charge in [-0.05, 0) is 110 Å². The minimum atomic E-state index is -0.0848. The molecule has 1 aliphatic heterocycles. The molecule has 7 heterocycles. The number of carbonyl (C=O) groups excluding carboxylic acids is 2. The summed E-state index contributed by atoms with van der Waals surface area (Å²) >= 11 is 0. The van der Waals surface area contributed by atoms with Gasteiger partial charge in [0.2, 0.25) is 11.9 Å². The predicted octanol–water partition coefficient (Wildman–Crippen LogP) is 8.11. The first-order valence-corrected chi connectivity index (χ1v) is 21.2. The number of anilines is 4. The topological polar surface area (TPSA) is 192 Å². The summed E-state index contributed by atoms with van der Waals surface area (Å²) < 4.78 is 10.6. The van der Waals surface area contributed by atoms with Crippen molar-refractivity contribution in [2.45, 2.75) is 19.3 Å². The largest absolute Gasteiger partial charge is 0.385 e. The van der Waals surface area contributed by atoms with Gasteiger partial charge in [0, 0.05) is 99.7 Å². The third kappa shape index (κ3) is 9.57. The molecule has 0 saturated carbocycles. The van der Waals surface area contributed by atoms with Crippen LogP contribution in [0.2, 0.25) is 0 Å². The first-order valence-electron chi connectivity index (χ1n) is 21.2. The molecule has 324 valence electrons. The number of aromatic amines is 2. The quantitative estimate of drug-likeness (QED) is 0.0726. The lowest BCUT2D eigenvalue weighted by atomic mass is 10.00. The summed E-state index contributed by atoms with van der Waals surface area (Å²) in [6, 6.07) is 30.4. The third-order valence-corrected chi connectivity index (χ3v) is 11.2. The Morgan fingerprint density at radius 3 is 1.94 bits per heavy atom. The summed E-state index contributed by atoms with van der Waals surface area (Å²) in [5.41, 5.74) is 7.96. The van der Waals surface area contributed by atoms with Crippen LogP contribution < -0.4 is 10.6 Å². The summed E-state index contributed by atoms with van der Waals surface area (Å²) in [6.45, 7) is 3.37. The second kappa shape index (κ2) is 18.8. The standard InChI is InChI=1S/C48H48N12O4/c1-59(20-7-21-63-3)45(61)43-26-31-24-33(11-13-35(31)53-43)51-47-50-19-15-40(56-47)38-9-6-10-39(55-38)42-28-41(37-8-4-5-18-49-37)57-48(58-42)52-34-12-14-36-32(25-34)27-44(54-36)46(62)60(2)29-30-16-22-64-23-17-30/h4-6,8-15,18-19,24-28,30,53-54H,7,16-17,20-23,29H2,1-3H3,(H,50,51,56)(H,52,57,58). The Balaban J connectivity index is 0.941. The fraction of sp³-hybridized carbons (Fsp3) is 0.250. The maximum absolute atomic E-state index is 13.4. The van der Waals surface area contributed by atoms with Gasteiger partial charge in [-0.25, -0.2) is 24.9 Å². The highest BCUT2D eigenvalue weighted by Crippen LogP contribution is 2.29. The van der Waals surface area contributed by atoms with Crippen LogP contribution in [-0.2, 0) is 9.47 Å². The van der Waals surface area contributed by atoms with Gasteiger partial charge in [0.15, 0.2) is 0 Å². The highest BCUT2D eigenvalue weighted by molar-refractivity contribution is 5.99.